The number of ether oxygens (including phenoxy) is 3. The van der Waals surface area contributed by atoms with Gasteiger partial charge in [-0.3, -0.25) is 4.79 Å². The van der Waals surface area contributed by atoms with Crippen molar-refractivity contribution in [2.75, 3.05) is 27.9 Å². The zero-order valence-electron chi connectivity index (χ0n) is 17.6. The highest BCUT2D eigenvalue weighted by Gasteiger charge is 2.34. The van der Waals surface area contributed by atoms with Crippen molar-refractivity contribution in [1.29, 1.82) is 0 Å². The topological polar surface area (TPSA) is 60.9 Å². The molecular formula is C24H23ClN2O4. The average Bonchev–Trinajstić information content (AvgIpc) is 2.82. The average molecular weight is 439 g/mol. The number of carbonyl (C=O) groups excluding carboxylic acids is 1. The molecule has 2 heterocycles. The van der Waals surface area contributed by atoms with Crippen LogP contribution in [0.5, 0.6) is 17.2 Å². The van der Waals surface area contributed by atoms with Crippen LogP contribution >= 0.6 is 11.6 Å². The molecule has 31 heavy (non-hydrogen) atoms. The molecule has 0 fully saturated rings. The highest BCUT2D eigenvalue weighted by atomic mass is 35.5. The Bertz CT molecular complexity index is 1080. The molecule has 1 amide bonds. The number of hydrogen-bond donors (Lipinski definition) is 0. The Morgan fingerprint density at radius 1 is 1.00 bits per heavy atom. The molecule has 7 heteroatoms. The van der Waals surface area contributed by atoms with Gasteiger partial charge in [0.15, 0.2) is 11.5 Å². The Kier molecular flexibility index (Phi) is 6.00. The van der Waals surface area contributed by atoms with Crippen molar-refractivity contribution in [1.82, 2.24) is 9.88 Å². The highest BCUT2D eigenvalue weighted by molar-refractivity contribution is 6.29. The molecule has 3 aromatic rings. The first-order valence-electron chi connectivity index (χ1n) is 9.87. The minimum Gasteiger partial charge on any atom is -0.497 e. The van der Waals surface area contributed by atoms with Crippen LogP contribution in [0.4, 0.5) is 0 Å². The van der Waals surface area contributed by atoms with Crippen molar-refractivity contribution in [2.45, 2.75) is 12.5 Å². The van der Waals surface area contributed by atoms with Crippen molar-refractivity contribution < 1.29 is 19.0 Å². The lowest BCUT2D eigenvalue weighted by atomic mass is 9.87. The number of aromatic nitrogens is 1. The first-order chi connectivity index (χ1) is 15.0. The first-order valence-corrected chi connectivity index (χ1v) is 10.2. The van der Waals surface area contributed by atoms with Gasteiger partial charge in [-0.25, -0.2) is 4.98 Å². The summed E-state index contributed by atoms with van der Waals surface area (Å²) in [6, 6.07) is 14.8. The third-order valence-electron chi connectivity index (χ3n) is 5.54. The van der Waals surface area contributed by atoms with Gasteiger partial charge in [-0.05, 0) is 59.5 Å². The number of halogens is 1. The summed E-state index contributed by atoms with van der Waals surface area (Å²) in [6.45, 7) is 0.556. The van der Waals surface area contributed by atoms with E-state index in [0.29, 0.717) is 35.2 Å². The maximum absolute atomic E-state index is 13.5. The van der Waals surface area contributed by atoms with Crippen molar-refractivity contribution in [3.8, 4) is 17.2 Å². The van der Waals surface area contributed by atoms with Gasteiger partial charge in [-0.1, -0.05) is 23.7 Å². The van der Waals surface area contributed by atoms with E-state index in [1.807, 2.05) is 41.3 Å². The molecule has 1 aliphatic rings. The molecule has 0 unspecified atom stereocenters. The minimum absolute atomic E-state index is 0.106. The maximum atomic E-state index is 13.5. The number of pyridine rings is 1. The largest absolute Gasteiger partial charge is 0.497 e. The lowest BCUT2D eigenvalue weighted by molar-refractivity contribution is 0.0693. The summed E-state index contributed by atoms with van der Waals surface area (Å²) >= 11 is 5.91. The van der Waals surface area contributed by atoms with Gasteiger partial charge in [-0.15, -0.1) is 0 Å². The van der Waals surface area contributed by atoms with Crippen LogP contribution in [0.15, 0.2) is 54.7 Å². The zero-order valence-corrected chi connectivity index (χ0v) is 18.3. The van der Waals surface area contributed by atoms with E-state index in [9.17, 15) is 4.79 Å². The number of hydrogen-bond acceptors (Lipinski definition) is 5. The molecule has 2 aromatic carbocycles. The van der Waals surface area contributed by atoms with E-state index in [0.717, 1.165) is 22.4 Å². The molecular weight excluding hydrogens is 416 g/mol. The Labute approximate surface area is 186 Å². The summed E-state index contributed by atoms with van der Waals surface area (Å²) in [4.78, 5) is 19.4. The summed E-state index contributed by atoms with van der Waals surface area (Å²) in [5.41, 5.74) is 3.59. The summed E-state index contributed by atoms with van der Waals surface area (Å²) in [5.74, 6) is 1.95. The van der Waals surface area contributed by atoms with E-state index in [4.69, 9.17) is 25.8 Å². The second-order valence-electron chi connectivity index (χ2n) is 7.20. The fourth-order valence-corrected chi connectivity index (χ4v) is 4.09. The van der Waals surface area contributed by atoms with Crippen molar-refractivity contribution in [3.63, 3.8) is 0 Å². The summed E-state index contributed by atoms with van der Waals surface area (Å²) in [7, 11) is 4.86. The number of amides is 1. The molecule has 0 spiro atoms. The number of methoxy groups -OCH3 is 3. The van der Waals surface area contributed by atoms with Crippen LogP contribution in [0.3, 0.4) is 0 Å². The molecule has 0 saturated carbocycles. The van der Waals surface area contributed by atoms with Crippen LogP contribution in [0.2, 0.25) is 5.15 Å². The predicted molar refractivity (Wildman–Crippen MR) is 118 cm³/mol. The SMILES string of the molecule is COc1ccc([C@@H]2c3cc(OC)c(OC)cc3CCN2C(=O)c2ccc(Cl)nc2)cc1. The van der Waals surface area contributed by atoms with Crippen molar-refractivity contribution in [3.05, 3.63) is 82.1 Å². The Balaban J connectivity index is 1.83. The Hall–Kier alpha value is -3.25. The quantitative estimate of drug-likeness (QED) is 0.547. The van der Waals surface area contributed by atoms with Crippen molar-refractivity contribution in [2.24, 2.45) is 0 Å². The molecule has 1 aromatic heterocycles. The highest BCUT2D eigenvalue weighted by Crippen LogP contribution is 2.41. The number of nitrogens with zero attached hydrogens (tertiary/aromatic N) is 2. The molecule has 0 N–H and O–H groups in total. The standard InChI is InChI=1S/C24H23ClN2O4/c1-29-18-7-4-15(5-8-18)23-19-13-21(31-3)20(30-2)12-16(19)10-11-27(23)24(28)17-6-9-22(25)26-14-17/h4-9,12-14,23H,10-11H2,1-3H3/t23-/m1/s1. The third kappa shape index (κ3) is 4.03. The normalized spacial score (nSPS) is 15.2. The second kappa shape index (κ2) is 8.86. The van der Waals surface area contributed by atoms with E-state index in [-0.39, 0.29) is 11.9 Å². The smallest absolute Gasteiger partial charge is 0.256 e. The minimum atomic E-state index is -0.294. The maximum Gasteiger partial charge on any atom is 0.256 e. The van der Waals surface area contributed by atoms with E-state index >= 15 is 0 Å². The van der Waals surface area contributed by atoms with Gasteiger partial charge < -0.3 is 19.1 Å². The lowest BCUT2D eigenvalue weighted by Crippen LogP contribution is -2.40. The van der Waals surface area contributed by atoms with Gasteiger partial charge in [0.25, 0.3) is 5.91 Å². The predicted octanol–water partition coefficient (Wildman–Crippen LogP) is 4.55. The van der Waals surface area contributed by atoms with Crippen LogP contribution in [0, 0.1) is 0 Å². The fraction of sp³-hybridized carbons (Fsp3) is 0.250. The van der Waals surface area contributed by atoms with Gasteiger partial charge in [-0.2, -0.15) is 0 Å². The Morgan fingerprint density at radius 3 is 2.32 bits per heavy atom. The molecule has 6 nitrogen and oxygen atoms in total. The van der Waals surface area contributed by atoms with Gasteiger partial charge in [0.05, 0.1) is 32.9 Å². The van der Waals surface area contributed by atoms with Crippen molar-refractivity contribution >= 4 is 17.5 Å². The van der Waals surface area contributed by atoms with Gasteiger partial charge in [0.1, 0.15) is 10.9 Å². The van der Waals surface area contributed by atoms with Gasteiger partial charge in [0, 0.05) is 12.7 Å². The van der Waals surface area contributed by atoms with Gasteiger partial charge >= 0.3 is 0 Å². The van der Waals surface area contributed by atoms with Crippen LogP contribution in [-0.2, 0) is 6.42 Å². The number of fused-ring (bicyclic) bond motifs is 1. The number of rotatable bonds is 5. The van der Waals surface area contributed by atoms with Crippen LogP contribution in [0.1, 0.15) is 33.1 Å². The molecule has 0 radical (unpaired) electrons. The van der Waals surface area contributed by atoms with E-state index in [2.05, 4.69) is 4.98 Å². The fourth-order valence-electron chi connectivity index (χ4n) is 3.98. The lowest BCUT2D eigenvalue weighted by Gasteiger charge is -2.38. The molecule has 0 saturated heterocycles. The van der Waals surface area contributed by atoms with Crippen LogP contribution < -0.4 is 14.2 Å². The molecule has 0 aliphatic carbocycles. The molecule has 1 aliphatic heterocycles. The van der Waals surface area contributed by atoms with Crippen LogP contribution in [-0.4, -0.2) is 43.7 Å². The molecule has 160 valence electrons. The Morgan fingerprint density at radius 2 is 1.71 bits per heavy atom. The second-order valence-corrected chi connectivity index (χ2v) is 7.59. The number of carbonyl (C=O) groups is 1. The van der Waals surface area contributed by atoms with E-state index < -0.39 is 0 Å². The summed E-state index contributed by atoms with van der Waals surface area (Å²) < 4.78 is 16.3. The van der Waals surface area contributed by atoms with E-state index in [1.165, 1.54) is 6.20 Å². The van der Waals surface area contributed by atoms with E-state index in [1.54, 1.807) is 33.5 Å². The molecule has 0 bridgehead atoms. The number of benzene rings is 2. The first kappa shape index (κ1) is 21.0. The zero-order chi connectivity index (χ0) is 22.0. The monoisotopic (exact) mass is 438 g/mol. The van der Waals surface area contributed by atoms with Gasteiger partial charge in [0.2, 0.25) is 0 Å². The molecule has 4 rings (SSSR count). The van der Waals surface area contributed by atoms with Crippen LogP contribution in [0.25, 0.3) is 0 Å². The third-order valence-corrected chi connectivity index (χ3v) is 5.76. The summed E-state index contributed by atoms with van der Waals surface area (Å²) in [5, 5.41) is 0.351. The summed E-state index contributed by atoms with van der Waals surface area (Å²) in [6.07, 6.45) is 2.22. The molecule has 1 atom stereocenters.